The number of nitrogens with zero attached hydrogens (tertiary/aromatic N) is 1. The van der Waals surface area contributed by atoms with Gasteiger partial charge < -0.3 is 10.6 Å². The largest absolute Gasteiger partial charge is 0.381 e. The van der Waals surface area contributed by atoms with Gasteiger partial charge in [-0.25, -0.2) is 0 Å². The standard InChI is InChI=1S/C19H22ClN3O/c1-13-7-8-15(20)10-18(13)23-19(24)14-9-17(12-21-11-14)22-16-5-3-2-4-6-16/h7-12,16,22H,2-6H2,1H3,(H,23,24). The van der Waals surface area contributed by atoms with Crippen LogP contribution in [-0.2, 0) is 0 Å². The number of hydrogen-bond donors (Lipinski definition) is 2. The maximum Gasteiger partial charge on any atom is 0.257 e. The Morgan fingerprint density at radius 3 is 2.75 bits per heavy atom. The van der Waals surface area contributed by atoms with E-state index in [4.69, 9.17) is 11.6 Å². The highest BCUT2D eigenvalue weighted by Gasteiger charge is 2.14. The van der Waals surface area contributed by atoms with Crippen LogP contribution in [0.15, 0.2) is 36.7 Å². The van der Waals surface area contributed by atoms with Crippen molar-refractivity contribution < 1.29 is 4.79 Å². The second-order valence-corrected chi connectivity index (χ2v) is 6.79. The van der Waals surface area contributed by atoms with Gasteiger partial charge in [-0.05, 0) is 43.5 Å². The van der Waals surface area contributed by atoms with Gasteiger partial charge in [-0.15, -0.1) is 0 Å². The molecule has 1 aromatic heterocycles. The van der Waals surface area contributed by atoms with E-state index in [0.717, 1.165) is 16.9 Å². The average Bonchev–Trinajstić information content (AvgIpc) is 2.59. The van der Waals surface area contributed by atoms with Gasteiger partial charge in [0.25, 0.3) is 5.91 Å². The van der Waals surface area contributed by atoms with Crippen molar-refractivity contribution in [3.05, 3.63) is 52.8 Å². The van der Waals surface area contributed by atoms with Gasteiger partial charge in [-0.3, -0.25) is 9.78 Å². The first-order valence-corrected chi connectivity index (χ1v) is 8.79. The summed E-state index contributed by atoms with van der Waals surface area (Å²) in [4.78, 5) is 16.7. The van der Waals surface area contributed by atoms with E-state index in [2.05, 4.69) is 15.6 Å². The van der Waals surface area contributed by atoms with Gasteiger partial charge in [-0.2, -0.15) is 0 Å². The number of benzene rings is 1. The van der Waals surface area contributed by atoms with Gasteiger partial charge in [-0.1, -0.05) is 36.9 Å². The summed E-state index contributed by atoms with van der Waals surface area (Å²) in [6.07, 6.45) is 9.56. The van der Waals surface area contributed by atoms with E-state index in [1.807, 2.05) is 25.1 Å². The van der Waals surface area contributed by atoms with Crippen molar-refractivity contribution in [3.8, 4) is 0 Å². The molecule has 0 atom stereocenters. The summed E-state index contributed by atoms with van der Waals surface area (Å²) in [6, 6.07) is 7.79. The molecule has 0 radical (unpaired) electrons. The van der Waals surface area contributed by atoms with E-state index in [1.54, 1.807) is 18.5 Å². The van der Waals surface area contributed by atoms with Crippen LogP contribution >= 0.6 is 11.6 Å². The Hall–Kier alpha value is -2.07. The molecule has 1 heterocycles. The fourth-order valence-corrected chi connectivity index (χ4v) is 3.22. The first-order chi connectivity index (χ1) is 11.6. The first kappa shape index (κ1) is 16.8. The van der Waals surface area contributed by atoms with E-state index < -0.39 is 0 Å². The van der Waals surface area contributed by atoms with Crippen LogP contribution in [0.2, 0.25) is 5.02 Å². The van der Waals surface area contributed by atoms with Crippen molar-refractivity contribution in [3.63, 3.8) is 0 Å². The number of pyridine rings is 1. The number of carbonyl (C=O) groups is 1. The zero-order chi connectivity index (χ0) is 16.9. The van der Waals surface area contributed by atoms with Crippen LogP contribution in [0.3, 0.4) is 0 Å². The van der Waals surface area contributed by atoms with Crippen LogP contribution in [0.1, 0.15) is 48.0 Å². The van der Waals surface area contributed by atoms with E-state index in [9.17, 15) is 4.79 Å². The molecule has 0 unspecified atom stereocenters. The summed E-state index contributed by atoms with van der Waals surface area (Å²) in [6.45, 7) is 1.94. The summed E-state index contributed by atoms with van der Waals surface area (Å²) in [5.41, 5.74) is 3.13. The van der Waals surface area contributed by atoms with E-state index >= 15 is 0 Å². The molecule has 24 heavy (non-hydrogen) atoms. The molecule has 1 aromatic carbocycles. The number of rotatable bonds is 4. The molecule has 0 bridgehead atoms. The summed E-state index contributed by atoms with van der Waals surface area (Å²) in [5.74, 6) is -0.180. The van der Waals surface area contributed by atoms with Gasteiger partial charge in [0.15, 0.2) is 0 Å². The van der Waals surface area contributed by atoms with Gasteiger partial charge in [0.05, 0.1) is 11.3 Å². The van der Waals surface area contributed by atoms with Crippen molar-refractivity contribution >= 4 is 28.9 Å². The highest BCUT2D eigenvalue weighted by atomic mass is 35.5. The summed E-state index contributed by atoms with van der Waals surface area (Å²) >= 11 is 6.01. The highest BCUT2D eigenvalue weighted by Crippen LogP contribution is 2.23. The van der Waals surface area contributed by atoms with E-state index in [1.165, 1.54) is 32.1 Å². The third-order valence-corrected chi connectivity index (χ3v) is 4.66. The number of aromatic nitrogens is 1. The summed E-state index contributed by atoms with van der Waals surface area (Å²) in [5, 5.41) is 7.00. The SMILES string of the molecule is Cc1ccc(Cl)cc1NC(=O)c1cncc(NC2CCCCC2)c1. The lowest BCUT2D eigenvalue weighted by Crippen LogP contribution is -2.22. The average molecular weight is 344 g/mol. The predicted molar refractivity (Wildman–Crippen MR) is 98.9 cm³/mol. The van der Waals surface area contributed by atoms with Crippen molar-refractivity contribution in [1.29, 1.82) is 0 Å². The molecular weight excluding hydrogens is 322 g/mol. The predicted octanol–water partition coefficient (Wildman–Crippen LogP) is 5.04. The molecule has 1 aliphatic rings. The Bertz CT molecular complexity index is 726. The second-order valence-electron chi connectivity index (χ2n) is 6.35. The second kappa shape index (κ2) is 7.67. The fourth-order valence-electron chi connectivity index (χ4n) is 3.05. The minimum absolute atomic E-state index is 0.180. The van der Waals surface area contributed by atoms with Crippen molar-refractivity contribution in [2.24, 2.45) is 0 Å². The van der Waals surface area contributed by atoms with Crippen molar-refractivity contribution in [2.75, 3.05) is 10.6 Å². The van der Waals surface area contributed by atoms with Gasteiger partial charge in [0, 0.05) is 29.1 Å². The smallest absolute Gasteiger partial charge is 0.257 e. The van der Waals surface area contributed by atoms with Crippen LogP contribution in [0.5, 0.6) is 0 Å². The molecule has 0 spiro atoms. The number of carbonyl (C=O) groups excluding carboxylic acids is 1. The van der Waals surface area contributed by atoms with E-state index in [0.29, 0.717) is 16.6 Å². The van der Waals surface area contributed by atoms with Crippen LogP contribution in [0, 0.1) is 6.92 Å². The molecule has 1 saturated carbocycles. The van der Waals surface area contributed by atoms with Crippen LogP contribution in [0.4, 0.5) is 11.4 Å². The molecule has 0 saturated heterocycles. The first-order valence-electron chi connectivity index (χ1n) is 8.41. The normalized spacial score (nSPS) is 15.1. The van der Waals surface area contributed by atoms with Crippen molar-refractivity contribution in [2.45, 2.75) is 45.1 Å². The molecule has 4 nitrogen and oxygen atoms in total. The Kier molecular flexibility index (Phi) is 5.36. The summed E-state index contributed by atoms with van der Waals surface area (Å²) in [7, 11) is 0. The fraction of sp³-hybridized carbons (Fsp3) is 0.368. The molecule has 1 fully saturated rings. The highest BCUT2D eigenvalue weighted by molar-refractivity contribution is 6.31. The minimum Gasteiger partial charge on any atom is -0.381 e. The maximum atomic E-state index is 12.5. The molecule has 2 N–H and O–H groups in total. The number of anilines is 2. The molecule has 3 rings (SSSR count). The minimum atomic E-state index is -0.180. The lowest BCUT2D eigenvalue weighted by molar-refractivity contribution is 0.102. The van der Waals surface area contributed by atoms with Gasteiger partial charge in [0.2, 0.25) is 0 Å². The molecule has 5 heteroatoms. The molecule has 1 amide bonds. The number of nitrogens with one attached hydrogen (secondary N) is 2. The lowest BCUT2D eigenvalue weighted by atomic mass is 9.95. The molecule has 1 aliphatic carbocycles. The number of halogens is 1. The zero-order valence-electron chi connectivity index (χ0n) is 13.8. The summed E-state index contributed by atoms with van der Waals surface area (Å²) < 4.78 is 0. The Morgan fingerprint density at radius 2 is 1.96 bits per heavy atom. The third-order valence-electron chi connectivity index (χ3n) is 4.42. The molecule has 126 valence electrons. The van der Waals surface area contributed by atoms with Gasteiger partial charge >= 0.3 is 0 Å². The Labute approximate surface area is 147 Å². The van der Waals surface area contributed by atoms with Crippen molar-refractivity contribution in [1.82, 2.24) is 4.98 Å². The number of hydrogen-bond acceptors (Lipinski definition) is 3. The third kappa shape index (κ3) is 4.26. The molecular formula is C19H22ClN3O. The number of amides is 1. The lowest BCUT2D eigenvalue weighted by Gasteiger charge is -2.23. The number of aryl methyl sites for hydroxylation is 1. The Morgan fingerprint density at radius 1 is 1.17 bits per heavy atom. The van der Waals surface area contributed by atoms with E-state index in [-0.39, 0.29) is 5.91 Å². The van der Waals surface area contributed by atoms with Crippen LogP contribution < -0.4 is 10.6 Å². The maximum absolute atomic E-state index is 12.5. The van der Waals surface area contributed by atoms with Gasteiger partial charge in [0.1, 0.15) is 0 Å². The molecule has 0 aliphatic heterocycles. The monoisotopic (exact) mass is 343 g/mol. The quantitative estimate of drug-likeness (QED) is 0.817. The Balaban J connectivity index is 1.70. The topological polar surface area (TPSA) is 54.0 Å². The van der Waals surface area contributed by atoms with Crippen LogP contribution in [0.25, 0.3) is 0 Å². The zero-order valence-corrected chi connectivity index (χ0v) is 14.6. The van der Waals surface area contributed by atoms with Crippen LogP contribution in [-0.4, -0.2) is 16.9 Å². The molecule has 2 aromatic rings.